The van der Waals surface area contributed by atoms with Crippen LogP contribution in [0.3, 0.4) is 0 Å². The topological polar surface area (TPSA) is 40.5 Å². The Hall–Kier alpha value is 0.570. The molecule has 1 atom stereocenters. The van der Waals surface area contributed by atoms with Crippen LogP contribution < -0.4 is 0 Å². The number of hydrogen-bond acceptors (Lipinski definition) is 1. The second-order valence-electron chi connectivity index (χ2n) is 1.44. The maximum atomic E-state index is 8.51. The van der Waals surface area contributed by atoms with Crippen molar-refractivity contribution in [3.8, 4) is 0 Å². The third-order valence-corrected chi connectivity index (χ3v) is 2.80. The fourth-order valence-corrected chi connectivity index (χ4v) is 0. The van der Waals surface area contributed by atoms with Crippen molar-refractivity contribution in [3.05, 3.63) is 6.92 Å². The molecule has 43 valence electrons. The zero-order chi connectivity index (χ0) is 6.08. The van der Waals surface area contributed by atoms with Gasteiger partial charge < -0.3 is 9.79 Å². The lowest BCUT2D eigenvalue weighted by Gasteiger charge is -2.09. The third kappa shape index (κ3) is 3.18. The Morgan fingerprint density at radius 3 is 1.86 bits per heavy atom. The summed E-state index contributed by atoms with van der Waals surface area (Å²) in [4.78, 5) is 17.0. The van der Waals surface area contributed by atoms with Gasteiger partial charge in [0, 0.05) is 5.66 Å². The van der Waals surface area contributed by atoms with Crippen molar-refractivity contribution < 1.29 is 9.79 Å². The summed E-state index contributed by atoms with van der Waals surface area (Å²) in [7, 11) is 0. The fourth-order valence-electron chi connectivity index (χ4n) is 0. The SMILES string of the molecule is [CH2]C(C)P(O)(O)=S. The van der Waals surface area contributed by atoms with Crippen LogP contribution in [-0.4, -0.2) is 15.4 Å². The largest absolute Gasteiger partial charge is 0.345 e. The Morgan fingerprint density at radius 2 is 1.86 bits per heavy atom. The van der Waals surface area contributed by atoms with E-state index in [0.29, 0.717) is 0 Å². The average Bonchev–Trinajstić information content (AvgIpc) is 1.31. The number of rotatable bonds is 1. The van der Waals surface area contributed by atoms with Crippen LogP contribution in [0.25, 0.3) is 0 Å². The zero-order valence-corrected chi connectivity index (χ0v) is 5.75. The molecule has 0 amide bonds. The summed E-state index contributed by atoms with van der Waals surface area (Å²) in [5, 5.41) is 0. The molecule has 0 saturated heterocycles. The van der Waals surface area contributed by atoms with Crippen LogP contribution in [-0.2, 0) is 11.8 Å². The Labute approximate surface area is 48.4 Å². The lowest BCUT2D eigenvalue weighted by Crippen LogP contribution is -1.94. The van der Waals surface area contributed by atoms with Crippen molar-refractivity contribution in [1.82, 2.24) is 0 Å². The molecule has 1 unspecified atom stereocenters. The van der Waals surface area contributed by atoms with Gasteiger partial charge in [-0.1, -0.05) is 6.92 Å². The second kappa shape index (κ2) is 2.23. The van der Waals surface area contributed by atoms with Crippen LogP contribution in [0.2, 0.25) is 0 Å². The lowest BCUT2D eigenvalue weighted by molar-refractivity contribution is 0.472. The first-order valence-electron chi connectivity index (χ1n) is 1.83. The predicted octanol–water partition coefficient (Wildman–Crippen LogP) is 0.503. The maximum Gasteiger partial charge on any atom is 0.186 e. The van der Waals surface area contributed by atoms with Gasteiger partial charge in [-0.15, -0.1) is 0 Å². The van der Waals surface area contributed by atoms with Crippen LogP contribution in [0.5, 0.6) is 0 Å². The van der Waals surface area contributed by atoms with Crippen LogP contribution in [0.1, 0.15) is 6.92 Å². The molecule has 0 rings (SSSR count). The summed E-state index contributed by atoms with van der Waals surface area (Å²) in [6.45, 7) is 1.92. The van der Waals surface area contributed by atoms with E-state index in [1.807, 2.05) is 0 Å². The van der Waals surface area contributed by atoms with E-state index in [4.69, 9.17) is 9.79 Å². The molecule has 7 heavy (non-hydrogen) atoms. The summed E-state index contributed by atoms with van der Waals surface area (Å²) in [5.41, 5.74) is -0.414. The van der Waals surface area contributed by atoms with Crippen molar-refractivity contribution >= 4 is 18.3 Å². The molecule has 0 aliphatic rings. The molecule has 0 aliphatic carbocycles. The molecule has 0 spiro atoms. The summed E-state index contributed by atoms with van der Waals surface area (Å²) in [6, 6.07) is 0. The van der Waals surface area contributed by atoms with E-state index in [1.165, 1.54) is 0 Å². The van der Waals surface area contributed by atoms with Gasteiger partial charge in [0.15, 0.2) is 6.49 Å². The first-order valence-corrected chi connectivity index (χ1v) is 4.60. The molecule has 0 aliphatic heterocycles. The molecule has 4 heteroatoms. The van der Waals surface area contributed by atoms with E-state index in [0.717, 1.165) is 0 Å². The second-order valence-corrected chi connectivity index (χ2v) is 5.11. The molecule has 0 aromatic carbocycles. The Morgan fingerprint density at radius 1 is 1.71 bits per heavy atom. The first kappa shape index (κ1) is 7.57. The van der Waals surface area contributed by atoms with Gasteiger partial charge in [0.1, 0.15) is 0 Å². The van der Waals surface area contributed by atoms with Crippen molar-refractivity contribution in [2.75, 3.05) is 0 Å². The normalized spacial score (nSPS) is 12.7. The molecular weight excluding hydrogens is 131 g/mol. The molecule has 0 saturated carbocycles. The molecule has 0 heterocycles. The zero-order valence-electron chi connectivity index (χ0n) is 4.03. The van der Waals surface area contributed by atoms with Crippen molar-refractivity contribution in [1.29, 1.82) is 0 Å². The highest BCUT2D eigenvalue weighted by atomic mass is 32.5. The van der Waals surface area contributed by atoms with Gasteiger partial charge in [-0.2, -0.15) is 0 Å². The minimum atomic E-state index is -3.02. The van der Waals surface area contributed by atoms with Gasteiger partial charge in [0.2, 0.25) is 0 Å². The maximum absolute atomic E-state index is 8.51. The van der Waals surface area contributed by atoms with E-state index < -0.39 is 12.2 Å². The van der Waals surface area contributed by atoms with Crippen molar-refractivity contribution in [2.24, 2.45) is 0 Å². The average molecular weight is 139 g/mol. The van der Waals surface area contributed by atoms with Crippen molar-refractivity contribution in [2.45, 2.75) is 12.6 Å². The molecule has 2 N–H and O–H groups in total. The summed E-state index contributed by atoms with van der Waals surface area (Å²) in [5.74, 6) is 0. The standard InChI is InChI=1S/C3H8O2PS/c1-3(2)6(4,5)7/h3H,1H2,2H3,(H2,4,5,7). The van der Waals surface area contributed by atoms with Gasteiger partial charge in [0.25, 0.3) is 0 Å². The molecule has 0 bridgehead atoms. The van der Waals surface area contributed by atoms with Gasteiger partial charge >= 0.3 is 0 Å². The van der Waals surface area contributed by atoms with Crippen LogP contribution in [0.15, 0.2) is 0 Å². The minimum absolute atomic E-state index is 0.414. The molecular formula is C3H8O2PS. The fraction of sp³-hybridized carbons (Fsp3) is 0.667. The van der Waals surface area contributed by atoms with Crippen LogP contribution in [0, 0.1) is 6.92 Å². The molecule has 2 nitrogen and oxygen atoms in total. The summed E-state index contributed by atoms with van der Waals surface area (Å²) >= 11 is 4.27. The van der Waals surface area contributed by atoms with Gasteiger partial charge in [-0.05, 0) is 18.7 Å². The predicted molar refractivity (Wildman–Crippen MR) is 33.5 cm³/mol. The van der Waals surface area contributed by atoms with Gasteiger partial charge in [-0.3, -0.25) is 0 Å². The Kier molecular flexibility index (Phi) is 2.41. The first-order chi connectivity index (χ1) is 2.94. The molecule has 1 radical (unpaired) electrons. The van der Waals surface area contributed by atoms with E-state index in [-0.39, 0.29) is 0 Å². The van der Waals surface area contributed by atoms with E-state index in [2.05, 4.69) is 18.7 Å². The third-order valence-electron chi connectivity index (χ3n) is 0.574. The van der Waals surface area contributed by atoms with E-state index in [9.17, 15) is 0 Å². The summed E-state index contributed by atoms with van der Waals surface area (Å²) in [6.07, 6.45) is 0. The molecule has 0 fully saturated rings. The van der Waals surface area contributed by atoms with Gasteiger partial charge in [-0.25, -0.2) is 0 Å². The van der Waals surface area contributed by atoms with E-state index in [1.54, 1.807) is 6.92 Å². The van der Waals surface area contributed by atoms with Crippen LogP contribution >= 0.6 is 6.49 Å². The van der Waals surface area contributed by atoms with E-state index >= 15 is 0 Å². The molecule has 0 aromatic rings. The van der Waals surface area contributed by atoms with Crippen LogP contribution in [0.4, 0.5) is 0 Å². The summed E-state index contributed by atoms with van der Waals surface area (Å²) < 4.78 is 0. The Balaban J connectivity index is 3.80. The van der Waals surface area contributed by atoms with Crippen molar-refractivity contribution in [3.63, 3.8) is 0 Å². The molecule has 0 aromatic heterocycles. The Bertz CT molecular complexity index is 95.1. The lowest BCUT2D eigenvalue weighted by atomic mass is 10.6. The highest BCUT2D eigenvalue weighted by molar-refractivity contribution is 8.09. The number of hydrogen-bond donors (Lipinski definition) is 2. The monoisotopic (exact) mass is 139 g/mol. The minimum Gasteiger partial charge on any atom is -0.345 e. The van der Waals surface area contributed by atoms with Gasteiger partial charge in [0.05, 0.1) is 0 Å². The quantitative estimate of drug-likeness (QED) is 0.520. The highest BCUT2D eigenvalue weighted by Crippen LogP contribution is 2.40. The highest BCUT2D eigenvalue weighted by Gasteiger charge is 2.11. The smallest absolute Gasteiger partial charge is 0.186 e.